The fraction of sp³-hybridized carbons (Fsp3) is 0.312. The maximum absolute atomic E-state index is 12.6. The van der Waals surface area contributed by atoms with E-state index in [-0.39, 0.29) is 11.4 Å². The number of hydrogen-bond acceptors (Lipinski definition) is 2. The smallest absolute Gasteiger partial charge is 0.253 e. The van der Waals surface area contributed by atoms with Crippen LogP contribution in [-0.2, 0) is 5.54 Å². The van der Waals surface area contributed by atoms with E-state index < -0.39 is 0 Å². The molecule has 4 heteroatoms. The molecule has 1 saturated carbocycles. The van der Waals surface area contributed by atoms with E-state index in [0.717, 1.165) is 17.3 Å². The van der Waals surface area contributed by atoms with E-state index in [0.29, 0.717) is 5.56 Å². The van der Waals surface area contributed by atoms with E-state index in [9.17, 15) is 4.79 Å². The van der Waals surface area contributed by atoms with Crippen LogP contribution in [0.15, 0.2) is 46.3 Å². The van der Waals surface area contributed by atoms with E-state index in [1.807, 2.05) is 24.3 Å². The van der Waals surface area contributed by atoms with Gasteiger partial charge in [0.25, 0.3) is 5.91 Å². The Morgan fingerprint density at radius 1 is 1.15 bits per heavy atom. The standard InChI is InChI=1S/C16H16BrNOS/c17-13-7-2-1-6-12(13)15(19)18-16(9-3-4-10-16)14-8-5-11-20-14/h1-2,5-8,11H,3-4,9-10H2,(H,18,19). The Hall–Kier alpha value is -1.13. The minimum atomic E-state index is -0.166. The van der Waals surface area contributed by atoms with Gasteiger partial charge < -0.3 is 5.32 Å². The van der Waals surface area contributed by atoms with Crippen LogP contribution in [0.2, 0.25) is 0 Å². The molecule has 0 radical (unpaired) electrons. The zero-order valence-corrected chi connectivity index (χ0v) is 13.5. The minimum Gasteiger partial charge on any atom is -0.342 e. The molecule has 0 unspecified atom stereocenters. The van der Waals surface area contributed by atoms with Crippen molar-refractivity contribution in [3.63, 3.8) is 0 Å². The minimum absolute atomic E-state index is 0.00720. The molecule has 1 aromatic heterocycles. The van der Waals surface area contributed by atoms with E-state index in [1.165, 1.54) is 17.7 Å². The highest BCUT2D eigenvalue weighted by molar-refractivity contribution is 9.10. The molecule has 2 nitrogen and oxygen atoms in total. The van der Waals surface area contributed by atoms with Crippen molar-refractivity contribution in [2.24, 2.45) is 0 Å². The highest BCUT2D eigenvalue weighted by Crippen LogP contribution is 2.41. The molecule has 0 spiro atoms. The number of carbonyl (C=O) groups excluding carboxylic acids is 1. The molecule has 3 rings (SSSR count). The van der Waals surface area contributed by atoms with Crippen LogP contribution >= 0.6 is 27.3 Å². The Labute approximate surface area is 131 Å². The van der Waals surface area contributed by atoms with Gasteiger partial charge in [-0.2, -0.15) is 0 Å². The Morgan fingerprint density at radius 3 is 2.55 bits per heavy atom. The maximum Gasteiger partial charge on any atom is 0.253 e. The lowest BCUT2D eigenvalue weighted by Crippen LogP contribution is -2.43. The lowest BCUT2D eigenvalue weighted by atomic mass is 9.94. The Morgan fingerprint density at radius 2 is 1.90 bits per heavy atom. The second-order valence-electron chi connectivity index (χ2n) is 5.20. The number of nitrogens with one attached hydrogen (secondary N) is 1. The van der Waals surface area contributed by atoms with Crippen molar-refractivity contribution in [1.82, 2.24) is 5.32 Å². The van der Waals surface area contributed by atoms with E-state index in [4.69, 9.17) is 0 Å². The van der Waals surface area contributed by atoms with Crippen molar-refractivity contribution in [2.75, 3.05) is 0 Å². The molecule has 104 valence electrons. The number of halogens is 1. The van der Waals surface area contributed by atoms with E-state index >= 15 is 0 Å². The van der Waals surface area contributed by atoms with Crippen molar-refractivity contribution < 1.29 is 4.79 Å². The van der Waals surface area contributed by atoms with Gasteiger partial charge in [0.05, 0.1) is 11.1 Å². The van der Waals surface area contributed by atoms with Gasteiger partial charge in [0.1, 0.15) is 0 Å². The summed E-state index contributed by atoms with van der Waals surface area (Å²) in [6, 6.07) is 11.8. The average Bonchev–Trinajstić information content (AvgIpc) is 3.10. The molecule has 20 heavy (non-hydrogen) atoms. The number of carbonyl (C=O) groups is 1. The van der Waals surface area contributed by atoms with Crippen molar-refractivity contribution in [2.45, 2.75) is 31.2 Å². The molecule has 1 heterocycles. The predicted octanol–water partition coefficient (Wildman–Crippen LogP) is 4.71. The largest absolute Gasteiger partial charge is 0.342 e. The van der Waals surface area contributed by atoms with Crippen LogP contribution in [0.5, 0.6) is 0 Å². The maximum atomic E-state index is 12.6. The summed E-state index contributed by atoms with van der Waals surface area (Å²) in [6.07, 6.45) is 4.41. The summed E-state index contributed by atoms with van der Waals surface area (Å²) in [6.45, 7) is 0. The average molecular weight is 350 g/mol. The van der Waals surface area contributed by atoms with Crippen molar-refractivity contribution in [3.8, 4) is 0 Å². The van der Waals surface area contributed by atoms with Gasteiger partial charge in [-0.25, -0.2) is 0 Å². The van der Waals surface area contributed by atoms with Gasteiger partial charge in [-0.15, -0.1) is 11.3 Å². The van der Waals surface area contributed by atoms with Crippen molar-refractivity contribution in [3.05, 3.63) is 56.7 Å². The normalized spacial score (nSPS) is 17.1. The van der Waals surface area contributed by atoms with Gasteiger partial charge >= 0.3 is 0 Å². The summed E-state index contributed by atoms with van der Waals surface area (Å²) < 4.78 is 0.844. The lowest BCUT2D eigenvalue weighted by molar-refractivity contribution is 0.0899. The van der Waals surface area contributed by atoms with Crippen molar-refractivity contribution >= 4 is 33.2 Å². The lowest BCUT2D eigenvalue weighted by Gasteiger charge is -2.29. The van der Waals surface area contributed by atoms with Gasteiger partial charge in [-0.3, -0.25) is 4.79 Å². The molecular weight excluding hydrogens is 334 g/mol. The fourth-order valence-electron chi connectivity index (χ4n) is 2.89. The van der Waals surface area contributed by atoms with Gasteiger partial charge in [0.15, 0.2) is 0 Å². The SMILES string of the molecule is O=C(NC1(c2cccs2)CCCC1)c1ccccc1Br. The Kier molecular flexibility index (Phi) is 3.94. The molecule has 1 aliphatic carbocycles. The summed E-state index contributed by atoms with van der Waals surface area (Å²) in [5.74, 6) is 0.00720. The molecule has 0 atom stereocenters. The third-order valence-electron chi connectivity index (χ3n) is 3.92. The number of amides is 1. The first kappa shape index (κ1) is 13.8. The van der Waals surface area contributed by atoms with E-state index in [1.54, 1.807) is 11.3 Å². The quantitative estimate of drug-likeness (QED) is 0.853. The van der Waals surface area contributed by atoms with Gasteiger partial charge in [0.2, 0.25) is 0 Å². The molecule has 0 saturated heterocycles. The third kappa shape index (κ3) is 2.54. The first-order chi connectivity index (χ1) is 9.71. The van der Waals surface area contributed by atoms with Crippen LogP contribution in [0.25, 0.3) is 0 Å². The molecule has 1 amide bonds. The highest BCUT2D eigenvalue weighted by atomic mass is 79.9. The van der Waals surface area contributed by atoms with Gasteiger partial charge in [-0.1, -0.05) is 31.0 Å². The number of thiophene rings is 1. The van der Waals surface area contributed by atoms with Crippen LogP contribution in [0.3, 0.4) is 0 Å². The van der Waals surface area contributed by atoms with Crippen LogP contribution in [0.4, 0.5) is 0 Å². The molecule has 0 bridgehead atoms. The first-order valence-corrected chi connectivity index (χ1v) is 8.50. The summed E-state index contributed by atoms with van der Waals surface area (Å²) in [5.41, 5.74) is 0.538. The predicted molar refractivity (Wildman–Crippen MR) is 86.1 cm³/mol. The van der Waals surface area contributed by atoms with Gasteiger partial charge in [0, 0.05) is 9.35 Å². The molecule has 1 aromatic carbocycles. The van der Waals surface area contributed by atoms with Crippen LogP contribution in [0, 0.1) is 0 Å². The molecular formula is C16H16BrNOS. The molecule has 1 aliphatic rings. The summed E-state index contributed by atoms with van der Waals surface area (Å²) in [7, 11) is 0. The van der Waals surface area contributed by atoms with E-state index in [2.05, 4.69) is 38.8 Å². The topological polar surface area (TPSA) is 29.1 Å². The highest BCUT2D eigenvalue weighted by Gasteiger charge is 2.38. The second kappa shape index (κ2) is 5.70. The number of rotatable bonds is 3. The molecule has 2 aromatic rings. The Balaban J connectivity index is 1.88. The monoisotopic (exact) mass is 349 g/mol. The zero-order chi connectivity index (χ0) is 14.0. The van der Waals surface area contributed by atoms with Crippen LogP contribution < -0.4 is 5.32 Å². The van der Waals surface area contributed by atoms with Gasteiger partial charge in [-0.05, 0) is 52.4 Å². The van der Waals surface area contributed by atoms with Crippen molar-refractivity contribution in [1.29, 1.82) is 0 Å². The molecule has 0 aliphatic heterocycles. The number of benzene rings is 1. The van der Waals surface area contributed by atoms with Crippen LogP contribution in [-0.4, -0.2) is 5.91 Å². The summed E-state index contributed by atoms with van der Waals surface area (Å²) >= 11 is 5.19. The zero-order valence-electron chi connectivity index (χ0n) is 11.1. The molecule has 1 fully saturated rings. The molecule has 1 N–H and O–H groups in total. The Bertz CT molecular complexity index is 603. The first-order valence-electron chi connectivity index (χ1n) is 6.82. The third-order valence-corrected chi connectivity index (χ3v) is 5.69. The number of hydrogen-bond donors (Lipinski definition) is 1. The van der Waals surface area contributed by atoms with Crippen LogP contribution in [0.1, 0.15) is 40.9 Å². The second-order valence-corrected chi connectivity index (χ2v) is 7.00. The fourth-order valence-corrected chi connectivity index (χ4v) is 4.30. The summed E-state index contributed by atoms with van der Waals surface area (Å²) in [5, 5.41) is 5.38. The summed E-state index contributed by atoms with van der Waals surface area (Å²) in [4.78, 5) is 13.9.